The van der Waals surface area contributed by atoms with Crippen LogP contribution in [0.5, 0.6) is 11.5 Å². The van der Waals surface area contributed by atoms with Crippen LogP contribution in [-0.2, 0) is 35.5 Å². The van der Waals surface area contributed by atoms with Gasteiger partial charge < -0.3 is 0 Å². The summed E-state index contributed by atoms with van der Waals surface area (Å²) in [5.41, 5.74) is 0. The molecule has 11 heteroatoms. The molecule has 0 saturated carbocycles. The molecule has 0 aromatic heterocycles. The van der Waals surface area contributed by atoms with Crippen LogP contribution in [0.15, 0.2) is 68.5 Å². The molecule has 0 N–H and O–H groups in total. The summed E-state index contributed by atoms with van der Waals surface area (Å²) in [4.78, 5) is 0. The van der Waals surface area contributed by atoms with Crippen LogP contribution in [0.1, 0.15) is 52.4 Å². The second kappa shape index (κ2) is 20.8. The third-order valence-electron chi connectivity index (χ3n) is 8.37. The molecule has 0 atom stereocenters. The van der Waals surface area contributed by atoms with Gasteiger partial charge in [-0.1, -0.05) is 26.7 Å². The van der Waals surface area contributed by atoms with E-state index in [-0.39, 0.29) is 45.7 Å². The van der Waals surface area contributed by atoms with Crippen LogP contribution in [0.4, 0.5) is 17.6 Å². The molecule has 0 bridgehead atoms. The summed E-state index contributed by atoms with van der Waals surface area (Å²) in [6.45, 7) is 7.32. The summed E-state index contributed by atoms with van der Waals surface area (Å²) in [6, 6.07) is 4.64. The Hall–Kier alpha value is -2.73. The van der Waals surface area contributed by atoms with Gasteiger partial charge in [-0.2, -0.15) is 0 Å². The Labute approximate surface area is 291 Å². The molecule has 4 rings (SSSR count). The number of rotatable bonds is 24. The molecular weight excluding hydrogens is 676 g/mol. The van der Waals surface area contributed by atoms with Crippen molar-refractivity contribution in [3.05, 3.63) is 91.7 Å². The van der Waals surface area contributed by atoms with Gasteiger partial charge in [0.05, 0.1) is 0 Å². The van der Waals surface area contributed by atoms with E-state index in [1.165, 1.54) is 12.1 Å². The first-order valence-electron chi connectivity index (χ1n) is 17.2. The minimum absolute atomic E-state index is 0.00948. The zero-order chi connectivity index (χ0) is 34.9. The van der Waals surface area contributed by atoms with Crippen LogP contribution in [0.2, 0.25) is 0 Å². The molecule has 0 heterocycles. The number of ether oxygens (including phenoxy) is 6. The van der Waals surface area contributed by atoms with Crippen molar-refractivity contribution in [2.75, 3.05) is 66.1 Å². The van der Waals surface area contributed by atoms with Gasteiger partial charge in [0.15, 0.2) is 0 Å². The van der Waals surface area contributed by atoms with Crippen molar-refractivity contribution in [3.63, 3.8) is 0 Å². The molecule has 2 aliphatic carbocycles. The molecule has 49 heavy (non-hydrogen) atoms. The third-order valence-corrected chi connectivity index (χ3v) is 16.3. The van der Waals surface area contributed by atoms with Crippen molar-refractivity contribution in [2.45, 2.75) is 52.4 Å². The summed E-state index contributed by atoms with van der Waals surface area (Å²) in [5.74, 6) is -4.13. The molecule has 0 radical (unpaired) electrons. The maximum absolute atomic E-state index is 16.8. The van der Waals surface area contributed by atoms with Crippen LogP contribution in [0.25, 0.3) is 0 Å². The molecule has 268 valence electrons. The van der Waals surface area contributed by atoms with Crippen molar-refractivity contribution >= 4 is 7.74 Å². The van der Waals surface area contributed by atoms with Crippen molar-refractivity contribution in [1.82, 2.24) is 0 Å². The van der Waals surface area contributed by atoms with Crippen LogP contribution >= 0.6 is 0 Å². The second-order valence-corrected chi connectivity index (χ2v) is 17.6. The summed E-state index contributed by atoms with van der Waals surface area (Å²) >= 11 is -5.02. The minimum atomic E-state index is -5.02. The fourth-order valence-corrected chi connectivity index (χ4v) is 14.2. The van der Waals surface area contributed by atoms with Gasteiger partial charge in [-0.15, -0.1) is 0 Å². The van der Waals surface area contributed by atoms with E-state index in [0.29, 0.717) is 60.2 Å². The van der Waals surface area contributed by atoms with Crippen molar-refractivity contribution in [2.24, 2.45) is 0 Å². The van der Waals surface area contributed by atoms with Crippen LogP contribution in [-0.4, -0.2) is 66.1 Å². The zero-order valence-corrected chi connectivity index (χ0v) is 30.1. The summed E-state index contributed by atoms with van der Waals surface area (Å²) in [7, 11) is 0. The fourth-order valence-electron chi connectivity index (χ4n) is 5.96. The van der Waals surface area contributed by atoms with E-state index >= 15 is 17.6 Å². The molecule has 0 unspecified atom stereocenters. The first-order valence-corrected chi connectivity index (χ1v) is 20.3. The van der Waals surface area contributed by atoms with Gasteiger partial charge in [-0.25, -0.2) is 0 Å². The van der Waals surface area contributed by atoms with Gasteiger partial charge >= 0.3 is 265 Å². The van der Waals surface area contributed by atoms with Crippen molar-refractivity contribution in [3.8, 4) is 11.5 Å². The average Bonchev–Trinajstić information content (AvgIpc) is 3.84. The summed E-state index contributed by atoms with van der Waals surface area (Å²) < 4.78 is 100. The standard InChI is InChI=1S/2C14H19F2O3.2C5H5.Ti/c2*1-2-3-6-17-7-8-18-9-10-19-14-5-4-12(15)11-13(14)16;2*1-2-4-5-3-1;/h2*4-5H,2-3,6-10H2,1H3;2*1-3H,4H2;. The first kappa shape index (κ1) is 39.1. The third kappa shape index (κ3) is 10.2. The van der Waals surface area contributed by atoms with E-state index < -0.39 is 39.9 Å². The number of unbranched alkanes of at least 4 members (excludes halogenated alkanes) is 2. The molecule has 0 aliphatic heterocycles. The van der Waals surface area contributed by atoms with E-state index in [1.54, 1.807) is 24.3 Å². The maximum atomic E-state index is 16.8. The predicted molar refractivity (Wildman–Crippen MR) is 180 cm³/mol. The molecular formula is C38H48F4O6Ti. The number of halogens is 4. The van der Waals surface area contributed by atoms with Crippen LogP contribution < -0.4 is 17.2 Å². The Bertz CT molecular complexity index is 1370. The van der Waals surface area contributed by atoms with E-state index in [4.69, 9.17) is 28.4 Å². The number of hydrogen-bond donors (Lipinski definition) is 0. The van der Waals surface area contributed by atoms with E-state index in [2.05, 4.69) is 13.8 Å². The number of hydrogen-bond acceptors (Lipinski definition) is 6. The van der Waals surface area contributed by atoms with Crippen molar-refractivity contribution in [1.29, 1.82) is 0 Å². The quantitative estimate of drug-likeness (QED) is 0.0637. The first-order chi connectivity index (χ1) is 24.0. The van der Waals surface area contributed by atoms with Gasteiger partial charge in [0, 0.05) is 0 Å². The van der Waals surface area contributed by atoms with Gasteiger partial charge in [0.1, 0.15) is 0 Å². The topological polar surface area (TPSA) is 55.4 Å². The molecule has 0 amide bonds. The predicted octanol–water partition coefficient (Wildman–Crippen LogP) is 7.46. The fraction of sp³-hybridized carbons (Fsp3) is 0.474. The monoisotopic (exact) mass is 724 g/mol. The average molecular weight is 725 g/mol. The number of allylic oxidation sites excluding steroid dienone is 8. The zero-order valence-electron chi connectivity index (χ0n) is 28.5. The van der Waals surface area contributed by atoms with E-state index in [0.717, 1.165) is 37.8 Å². The van der Waals surface area contributed by atoms with Crippen LogP contribution in [0, 0.1) is 23.3 Å². The molecule has 2 aromatic carbocycles. The molecule has 0 spiro atoms. The van der Waals surface area contributed by atoms with E-state index in [9.17, 15) is 0 Å². The van der Waals surface area contributed by atoms with Gasteiger partial charge in [-0.05, 0) is 0 Å². The Morgan fingerprint density at radius 2 is 0.918 bits per heavy atom. The summed E-state index contributed by atoms with van der Waals surface area (Å²) in [5, 5.41) is 0. The second-order valence-electron chi connectivity index (χ2n) is 11.7. The molecule has 0 saturated heterocycles. The Morgan fingerprint density at radius 3 is 1.29 bits per heavy atom. The van der Waals surface area contributed by atoms with Gasteiger partial charge in [-0.3, -0.25) is 0 Å². The Balaban J connectivity index is 1.62. The molecule has 6 nitrogen and oxygen atoms in total. The number of benzene rings is 2. The normalized spacial score (nSPS) is 14.1. The van der Waals surface area contributed by atoms with Crippen LogP contribution in [0.3, 0.4) is 0 Å². The Morgan fingerprint density at radius 1 is 0.531 bits per heavy atom. The van der Waals surface area contributed by atoms with E-state index in [1.807, 2.05) is 12.2 Å². The summed E-state index contributed by atoms with van der Waals surface area (Å²) in [6.07, 6.45) is 15.3. The van der Waals surface area contributed by atoms with Gasteiger partial charge in [0.25, 0.3) is 0 Å². The van der Waals surface area contributed by atoms with Crippen molar-refractivity contribution < 1.29 is 62.6 Å². The molecule has 2 aromatic rings. The van der Waals surface area contributed by atoms with Gasteiger partial charge in [0.2, 0.25) is 0 Å². The molecule has 0 fully saturated rings. The molecule has 2 aliphatic rings. The Kier molecular flexibility index (Phi) is 16.6. The SMILES string of the molecule is CCCCOCCOCCOc1ccc(F)[c]([Ti]([C]2=CC=CC2)([C]2=CC=CC2)[c]2c(F)ccc(OCCOCCOCCCC)c2F)c1F.